The van der Waals surface area contributed by atoms with Gasteiger partial charge in [0.2, 0.25) is 0 Å². The van der Waals surface area contributed by atoms with Crippen molar-refractivity contribution in [3.63, 3.8) is 0 Å². The van der Waals surface area contributed by atoms with Crippen molar-refractivity contribution in [3.05, 3.63) is 4.91 Å². The zero-order valence-electron chi connectivity index (χ0n) is 3.94. The molecule has 4 heteroatoms. The Bertz CT molecular complexity index is 30.3. The summed E-state index contributed by atoms with van der Waals surface area (Å²) in [6.45, 7) is 2.67. The van der Waals surface area contributed by atoms with Crippen molar-refractivity contribution in [2.24, 2.45) is 0 Å². The highest BCUT2D eigenvalue weighted by molar-refractivity contribution is 4.43. The Morgan fingerprint density at radius 1 is 1.57 bits per heavy atom. The van der Waals surface area contributed by atoms with E-state index in [1.807, 2.05) is 0 Å². The largest absolute Gasteiger partial charge is 0.365 e. The van der Waals surface area contributed by atoms with Gasteiger partial charge in [-0.2, -0.15) is 4.91 Å². The lowest BCUT2D eigenvalue weighted by atomic mass is 10.7. The van der Waals surface area contributed by atoms with Gasteiger partial charge in [0, 0.05) is 6.54 Å². The second-order valence-electron chi connectivity index (χ2n) is 1.05. The maximum Gasteiger partial charge on any atom is 0.0966 e. The molecule has 0 unspecified atom stereocenters. The standard InChI is InChI=1S/C3H7NO.HNO/c1-2-5-3-4-1;1-2/h4H,1-3H2;1H. The number of hydrogen-bond donors (Lipinski definition) is 2. The predicted molar refractivity (Wildman–Crippen MR) is 24.9 cm³/mol. The van der Waals surface area contributed by atoms with Gasteiger partial charge in [0.15, 0.2) is 0 Å². The number of rotatable bonds is 0. The summed E-state index contributed by atoms with van der Waals surface area (Å²) in [5.74, 6) is 0. The summed E-state index contributed by atoms with van der Waals surface area (Å²) >= 11 is 0. The van der Waals surface area contributed by atoms with Crippen molar-refractivity contribution in [1.82, 2.24) is 5.32 Å². The summed E-state index contributed by atoms with van der Waals surface area (Å²) < 4.78 is 4.83. The van der Waals surface area contributed by atoms with Gasteiger partial charge in [-0.3, -0.25) is 5.32 Å². The number of hydrogen-bond acceptors (Lipinski definition) is 4. The summed E-state index contributed by atoms with van der Waals surface area (Å²) in [5.41, 5.74) is 4.50. The molecule has 0 aromatic rings. The third kappa shape index (κ3) is 3.35. The third-order valence-electron chi connectivity index (χ3n) is 0.627. The molecule has 1 saturated heterocycles. The smallest absolute Gasteiger partial charge is 0.0966 e. The van der Waals surface area contributed by atoms with E-state index in [0.717, 1.165) is 19.9 Å². The van der Waals surface area contributed by atoms with Crippen LogP contribution in [0, 0.1) is 10.5 Å². The summed E-state index contributed by atoms with van der Waals surface area (Å²) in [4.78, 5) is 7.50. The van der Waals surface area contributed by atoms with Gasteiger partial charge >= 0.3 is 0 Å². The van der Waals surface area contributed by atoms with Crippen LogP contribution in [0.2, 0.25) is 0 Å². The van der Waals surface area contributed by atoms with Gasteiger partial charge < -0.3 is 4.74 Å². The van der Waals surface area contributed by atoms with E-state index in [-0.39, 0.29) is 0 Å². The topological polar surface area (TPSA) is 62.2 Å². The van der Waals surface area contributed by atoms with E-state index in [2.05, 4.69) is 10.9 Å². The number of nitroso groups, excluding NO2 is 1. The Balaban J connectivity index is 0.000000162. The summed E-state index contributed by atoms with van der Waals surface area (Å²) in [7, 11) is 0. The lowest BCUT2D eigenvalue weighted by Crippen LogP contribution is -2.05. The molecular formula is C3H8N2O2. The molecule has 1 aliphatic rings. The molecule has 0 saturated carbocycles. The molecule has 0 atom stereocenters. The summed E-state index contributed by atoms with van der Waals surface area (Å²) in [6, 6.07) is 0. The van der Waals surface area contributed by atoms with Crippen molar-refractivity contribution in [1.29, 1.82) is 5.59 Å². The zero-order valence-corrected chi connectivity index (χ0v) is 3.94. The maximum absolute atomic E-state index is 7.50. The highest BCUT2D eigenvalue weighted by Crippen LogP contribution is 1.75. The van der Waals surface area contributed by atoms with Crippen LogP contribution in [0.15, 0.2) is 0 Å². The Kier molecular flexibility index (Phi) is 5.14. The van der Waals surface area contributed by atoms with Crippen LogP contribution in [-0.4, -0.2) is 19.9 Å². The molecule has 0 bridgehead atoms. The van der Waals surface area contributed by atoms with Gasteiger partial charge in [-0.1, -0.05) is 5.59 Å². The van der Waals surface area contributed by atoms with Gasteiger partial charge in [-0.05, 0) is 0 Å². The Morgan fingerprint density at radius 2 is 2.29 bits per heavy atom. The second kappa shape index (κ2) is 5.52. The van der Waals surface area contributed by atoms with Gasteiger partial charge in [0.1, 0.15) is 0 Å². The molecule has 0 aromatic carbocycles. The molecule has 2 N–H and O–H groups in total. The lowest BCUT2D eigenvalue weighted by Gasteiger charge is -1.76. The van der Waals surface area contributed by atoms with Gasteiger partial charge in [-0.25, -0.2) is 0 Å². The van der Waals surface area contributed by atoms with E-state index >= 15 is 0 Å². The first-order valence-corrected chi connectivity index (χ1v) is 1.99. The SMILES string of the molecule is C1COCN1.N=O. The summed E-state index contributed by atoms with van der Waals surface area (Å²) in [5, 5.41) is 3.00. The van der Waals surface area contributed by atoms with Crippen LogP contribution in [0.1, 0.15) is 0 Å². The summed E-state index contributed by atoms with van der Waals surface area (Å²) in [6.07, 6.45) is 0. The molecule has 0 aromatic heterocycles. The van der Waals surface area contributed by atoms with Crippen molar-refractivity contribution in [2.45, 2.75) is 0 Å². The minimum atomic E-state index is 0.750. The fraction of sp³-hybridized carbons (Fsp3) is 1.00. The molecule has 1 heterocycles. The fourth-order valence-corrected chi connectivity index (χ4v) is 0.361. The Morgan fingerprint density at radius 3 is 2.43 bits per heavy atom. The van der Waals surface area contributed by atoms with Crippen LogP contribution in [0.4, 0.5) is 0 Å². The molecule has 1 rings (SSSR count). The first-order valence-electron chi connectivity index (χ1n) is 1.99. The molecule has 4 nitrogen and oxygen atoms in total. The second-order valence-corrected chi connectivity index (χ2v) is 1.05. The van der Waals surface area contributed by atoms with Crippen LogP contribution in [0.5, 0.6) is 0 Å². The van der Waals surface area contributed by atoms with Crippen LogP contribution in [0.3, 0.4) is 0 Å². The van der Waals surface area contributed by atoms with Crippen LogP contribution in [0.25, 0.3) is 0 Å². The first kappa shape index (κ1) is 6.52. The quantitative estimate of drug-likeness (QED) is 0.422. The Labute approximate surface area is 41.6 Å². The van der Waals surface area contributed by atoms with Gasteiger partial charge in [0.05, 0.1) is 13.3 Å². The zero-order chi connectivity index (χ0) is 5.54. The van der Waals surface area contributed by atoms with E-state index in [0.29, 0.717) is 0 Å². The predicted octanol–water partition coefficient (Wildman–Crippen LogP) is -0.105. The van der Waals surface area contributed by atoms with Gasteiger partial charge in [0.25, 0.3) is 0 Å². The van der Waals surface area contributed by atoms with Crippen LogP contribution in [-0.2, 0) is 4.74 Å². The van der Waals surface area contributed by atoms with Crippen LogP contribution < -0.4 is 5.32 Å². The van der Waals surface area contributed by atoms with E-state index in [1.54, 1.807) is 0 Å². The maximum atomic E-state index is 7.50. The van der Waals surface area contributed by atoms with Crippen LogP contribution >= 0.6 is 0 Å². The van der Waals surface area contributed by atoms with Crippen molar-refractivity contribution >= 4 is 0 Å². The van der Waals surface area contributed by atoms with Crippen molar-refractivity contribution < 1.29 is 4.74 Å². The molecule has 7 heavy (non-hydrogen) atoms. The molecule has 0 spiro atoms. The first-order chi connectivity index (χ1) is 3.50. The minimum absolute atomic E-state index is 0.750. The highest BCUT2D eigenvalue weighted by atomic mass is 16.5. The molecule has 1 aliphatic heterocycles. The molecule has 0 amide bonds. The lowest BCUT2D eigenvalue weighted by molar-refractivity contribution is 0.194. The Hall–Kier alpha value is -0.480. The van der Waals surface area contributed by atoms with E-state index in [9.17, 15) is 0 Å². The van der Waals surface area contributed by atoms with E-state index in [1.165, 1.54) is 0 Å². The molecule has 0 radical (unpaired) electrons. The van der Waals surface area contributed by atoms with E-state index < -0.39 is 0 Å². The fourth-order valence-electron chi connectivity index (χ4n) is 0.361. The molecule has 42 valence electrons. The molecule has 1 fully saturated rings. The monoisotopic (exact) mass is 104 g/mol. The number of ether oxygens (including phenoxy) is 1. The number of nitrogens with one attached hydrogen (secondary N) is 2. The average Bonchev–Trinajstić information content (AvgIpc) is 2.23. The average molecular weight is 104 g/mol. The third-order valence-corrected chi connectivity index (χ3v) is 0.627. The molecule has 0 aliphatic carbocycles. The van der Waals surface area contributed by atoms with E-state index in [4.69, 9.17) is 9.64 Å². The van der Waals surface area contributed by atoms with Crippen molar-refractivity contribution in [3.8, 4) is 0 Å². The highest BCUT2D eigenvalue weighted by Gasteiger charge is 1.92. The minimum Gasteiger partial charge on any atom is -0.365 e. The van der Waals surface area contributed by atoms with Gasteiger partial charge in [-0.15, -0.1) is 0 Å². The van der Waals surface area contributed by atoms with Crippen molar-refractivity contribution in [2.75, 3.05) is 19.9 Å². The normalized spacial score (nSPS) is 17.7. The molecular weight excluding hydrogens is 96.0 g/mol.